The number of anilines is 1. The van der Waals surface area contributed by atoms with Crippen LogP contribution in [0.4, 0.5) is 5.82 Å². The molecule has 0 radical (unpaired) electrons. The molecule has 1 unspecified atom stereocenters. The highest BCUT2D eigenvalue weighted by molar-refractivity contribution is 5.81. The van der Waals surface area contributed by atoms with E-state index in [1.807, 2.05) is 6.07 Å². The van der Waals surface area contributed by atoms with E-state index in [0.29, 0.717) is 12.0 Å². The van der Waals surface area contributed by atoms with Gasteiger partial charge in [-0.1, -0.05) is 39.0 Å². The van der Waals surface area contributed by atoms with E-state index in [9.17, 15) is 0 Å². The van der Waals surface area contributed by atoms with Crippen LogP contribution in [0, 0.1) is 12.8 Å². The number of nitrogens with zero attached hydrogens (tertiary/aromatic N) is 1. The third-order valence-electron chi connectivity index (χ3n) is 3.48. The molecule has 1 heterocycles. The summed E-state index contributed by atoms with van der Waals surface area (Å²) in [7, 11) is 0. The fourth-order valence-corrected chi connectivity index (χ4v) is 2.28. The molecule has 0 spiro atoms. The Hall–Kier alpha value is -1.57. The van der Waals surface area contributed by atoms with E-state index in [0.717, 1.165) is 17.8 Å². The average molecular weight is 242 g/mol. The minimum absolute atomic E-state index is 0.484. The van der Waals surface area contributed by atoms with Crippen LogP contribution in [-0.2, 0) is 0 Å². The summed E-state index contributed by atoms with van der Waals surface area (Å²) in [5.41, 5.74) is 2.28. The molecule has 2 rings (SSSR count). The summed E-state index contributed by atoms with van der Waals surface area (Å²) in [6.07, 6.45) is 1.12. The van der Waals surface area contributed by atoms with Crippen molar-refractivity contribution < 1.29 is 0 Å². The van der Waals surface area contributed by atoms with Crippen molar-refractivity contribution in [2.75, 3.05) is 5.32 Å². The minimum Gasteiger partial charge on any atom is -0.367 e. The molecular formula is C16H22N2. The first kappa shape index (κ1) is 12.9. The van der Waals surface area contributed by atoms with Crippen LogP contribution in [-0.4, -0.2) is 11.0 Å². The van der Waals surface area contributed by atoms with Gasteiger partial charge in [-0.2, -0.15) is 0 Å². The fraction of sp³-hybridized carbons (Fsp3) is 0.438. The second-order valence-corrected chi connectivity index (χ2v) is 5.25. The van der Waals surface area contributed by atoms with Gasteiger partial charge in [-0.3, -0.25) is 0 Å². The Balaban J connectivity index is 2.35. The monoisotopic (exact) mass is 242 g/mol. The van der Waals surface area contributed by atoms with Crippen LogP contribution >= 0.6 is 0 Å². The van der Waals surface area contributed by atoms with Gasteiger partial charge in [0.05, 0.1) is 5.52 Å². The van der Waals surface area contributed by atoms with Crippen molar-refractivity contribution in [1.82, 2.24) is 4.98 Å². The van der Waals surface area contributed by atoms with Gasteiger partial charge in [0.1, 0.15) is 5.82 Å². The van der Waals surface area contributed by atoms with E-state index in [-0.39, 0.29) is 0 Å². The lowest BCUT2D eigenvalue weighted by molar-refractivity contribution is 0.509. The molecule has 0 saturated carbocycles. The Morgan fingerprint density at radius 3 is 2.61 bits per heavy atom. The zero-order valence-corrected chi connectivity index (χ0v) is 11.7. The number of para-hydroxylation sites is 1. The lowest BCUT2D eigenvalue weighted by atomic mass is 10.0. The number of rotatable bonds is 4. The molecule has 0 fully saturated rings. The van der Waals surface area contributed by atoms with Crippen LogP contribution in [0.25, 0.3) is 10.9 Å². The highest BCUT2D eigenvalue weighted by atomic mass is 15.0. The number of nitrogens with one attached hydrogen (secondary N) is 1. The van der Waals surface area contributed by atoms with Crippen LogP contribution in [0.2, 0.25) is 0 Å². The topological polar surface area (TPSA) is 24.9 Å². The Kier molecular flexibility index (Phi) is 3.85. The summed E-state index contributed by atoms with van der Waals surface area (Å²) < 4.78 is 0. The van der Waals surface area contributed by atoms with Crippen molar-refractivity contribution in [1.29, 1.82) is 0 Å². The van der Waals surface area contributed by atoms with Gasteiger partial charge in [-0.15, -0.1) is 0 Å². The van der Waals surface area contributed by atoms with Gasteiger partial charge in [0.15, 0.2) is 0 Å². The molecular weight excluding hydrogens is 220 g/mol. The lowest BCUT2D eigenvalue weighted by Crippen LogP contribution is -2.25. The van der Waals surface area contributed by atoms with Gasteiger partial charge in [-0.05, 0) is 37.0 Å². The summed E-state index contributed by atoms with van der Waals surface area (Å²) in [5, 5.41) is 4.78. The first-order valence-corrected chi connectivity index (χ1v) is 6.74. The van der Waals surface area contributed by atoms with Gasteiger partial charge in [-0.25, -0.2) is 4.98 Å². The van der Waals surface area contributed by atoms with Crippen molar-refractivity contribution in [3.05, 3.63) is 35.9 Å². The Morgan fingerprint density at radius 1 is 1.22 bits per heavy atom. The van der Waals surface area contributed by atoms with Crippen molar-refractivity contribution in [2.24, 2.45) is 5.92 Å². The molecule has 0 amide bonds. The highest BCUT2D eigenvalue weighted by Gasteiger charge is 2.12. The number of pyridine rings is 1. The van der Waals surface area contributed by atoms with E-state index in [2.05, 4.69) is 57.3 Å². The highest BCUT2D eigenvalue weighted by Crippen LogP contribution is 2.22. The molecule has 1 atom stereocenters. The zero-order valence-electron chi connectivity index (χ0n) is 11.7. The number of fused-ring (bicyclic) bond motifs is 1. The molecule has 2 nitrogen and oxygen atoms in total. The maximum atomic E-state index is 4.73. The Bertz CT molecular complexity index is 532. The summed E-state index contributed by atoms with van der Waals surface area (Å²) >= 11 is 0. The standard InChI is InChI=1S/C16H22N2/c1-5-14(11(2)3)17-16-12(4)10-13-8-6-7-9-15(13)18-16/h6-11,14H,5H2,1-4H3,(H,17,18). The molecule has 2 heteroatoms. The molecule has 0 saturated heterocycles. The third kappa shape index (κ3) is 2.63. The Labute approximate surface area is 109 Å². The maximum absolute atomic E-state index is 4.73. The average Bonchev–Trinajstić information content (AvgIpc) is 2.35. The third-order valence-corrected chi connectivity index (χ3v) is 3.48. The van der Waals surface area contributed by atoms with Crippen molar-refractivity contribution in [3.8, 4) is 0 Å². The number of hydrogen-bond acceptors (Lipinski definition) is 2. The SMILES string of the molecule is CCC(Nc1nc2ccccc2cc1C)C(C)C. The van der Waals surface area contributed by atoms with Crippen LogP contribution in [0.3, 0.4) is 0 Å². The van der Waals surface area contributed by atoms with Gasteiger partial charge < -0.3 is 5.32 Å². The summed E-state index contributed by atoms with van der Waals surface area (Å²) in [5.74, 6) is 1.64. The minimum atomic E-state index is 0.484. The van der Waals surface area contributed by atoms with Gasteiger partial charge in [0.2, 0.25) is 0 Å². The number of aromatic nitrogens is 1. The molecule has 0 bridgehead atoms. The molecule has 18 heavy (non-hydrogen) atoms. The van der Waals surface area contributed by atoms with E-state index >= 15 is 0 Å². The van der Waals surface area contributed by atoms with Gasteiger partial charge in [0, 0.05) is 11.4 Å². The molecule has 96 valence electrons. The fourth-order valence-electron chi connectivity index (χ4n) is 2.28. The summed E-state index contributed by atoms with van der Waals surface area (Å²) in [6, 6.07) is 11.0. The van der Waals surface area contributed by atoms with Crippen molar-refractivity contribution in [3.63, 3.8) is 0 Å². The maximum Gasteiger partial charge on any atom is 0.129 e. The normalized spacial score (nSPS) is 12.9. The first-order chi connectivity index (χ1) is 8.61. The molecule has 1 N–H and O–H groups in total. The van der Waals surface area contributed by atoms with Crippen LogP contribution < -0.4 is 5.32 Å². The number of benzene rings is 1. The van der Waals surface area contributed by atoms with Crippen LogP contribution in [0.15, 0.2) is 30.3 Å². The van der Waals surface area contributed by atoms with Gasteiger partial charge >= 0.3 is 0 Å². The van der Waals surface area contributed by atoms with Crippen molar-refractivity contribution >= 4 is 16.7 Å². The Morgan fingerprint density at radius 2 is 1.94 bits per heavy atom. The largest absolute Gasteiger partial charge is 0.367 e. The van der Waals surface area contributed by atoms with E-state index < -0.39 is 0 Å². The summed E-state index contributed by atoms with van der Waals surface area (Å²) in [4.78, 5) is 4.73. The van der Waals surface area contributed by atoms with Crippen LogP contribution in [0.1, 0.15) is 32.8 Å². The second-order valence-electron chi connectivity index (χ2n) is 5.25. The second kappa shape index (κ2) is 5.38. The van der Waals surface area contributed by atoms with Crippen molar-refractivity contribution in [2.45, 2.75) is 40.2 Å². The zero-order chi connectivity index (χ0) is 13.1. The molecule has 0 aliphatic carbocycles. The van der Waals surface area contributed by atoms with E-state index in [1.54, 1.807) is 0 Å². The van der Waals surface area contributed by atoms with E-state index in [4.69, 9.17) is 4.98 Å². The lowest BCUT2D eigenvalue weighted by Gasteiger charge is -2.22. The number of hydrogen-bond donors (Lipinski definition) is 1. The molecule has 1 aromatic carbocycles. The molecule has 2 aromatic rings. The number of aryl methyl sites for hydroxylation is 1. The first-order valence-electron chi connectivity index (χ1n) is 6.74. The molecule has 0 aliphatic heterocycles. The van der Waals surface area contributed by atoms with Gasteiger partial charge in [0.25, 0.3) is 0 Å². The quantitative estimate of drug-likeness (QED) is 0.860. The predicted octanol–water partition coefficient (Wildman–Crippen LogP) is 4.39. The molecule has 0 aliphatic rings. The smallest absolute Gasteiger partial charge is 0.129 e. The molecule has 1 aromatic heterocycles. The van der Waals surface area contributed by atoms with E-state index in [1.165, 1.54) is 10.9 Å². The predicted molar refractivity (Wildman–Crippen MR) is 79.0 cm³/mol. The van der Waals surface area contributed by atoms with Crippen LogP contribution in [0.5, 0.6) is 0 Å². The summed E-state index contributed by atoms with van der Waals surface area (Å²) in [6.45, 7) is 8.83.